The van der Waals surface area contributed by atoms with Crippen LogP contribution < -0.4 is 14.8 Å². The molecule has 0 bridgehead atoms. The number of nitrogens with one attached hydrogen (secondary N) is 1. The zero-order valence-corrected chi connectivity index (χ0v) is 16.7. The summed E-state index contributed by atoms with van der Waals surface area (Å²) in [5.74, 6) is 2.27. The highest BCUT2D eigenvalue weighted by Gasteiger charge is 2.23. The summed E-state index contributed by atoms with van der Waals surface area (Å²) in [4.78, 5) is 9.13. The van der Waals surface area contributed by atoms with E-state index in [9.17, 15) is 5.11 Å². The van der Waals surface area contributed by atoms with E-state index in [0.29, 0.717) is 22.6 Å². The fourth-order valence-corrected chi connectivity index (χ4v) is 3.72. The van der Waals surface area contributed by atoms with Gasteiger partial charge in [-0.1, -0.05) is 30.3 Å². The van der Waals surface area contributed by atoms with E-state index in [0.717, 1.165) is 28.2 Å². The van der Waals surface area contributed by atoms with Crippen molar-refractivity contribution in [1.82, 2.24) is 9.97 Å². The minimum atomic E-state index is -0.361. The Bertz CT molecular complexity index is 1260. The van der Waals surface area contributed by atoms with Gasteiger partial charge in [-0.3, -0.25) is 0 Å². The van der Waals surface area contributed by atoms with E-state index in [1.807, 2.05) is 74.5 Å². The molecule has 2 aromatic heterocycles. The van der Waals surface area contributed by atoms with E-state index in [2.05, 4.69) is 15.3 Å². The molecule has 2 aromatic carbocycles. The number of hydrogen-bond acceptors (Lipinski definition) is 6. The largest absolute Gasteiger partial charge is 0.505 e. The Morgan fingerprint density at radius 3 is 2.57 bits per heavy atom. The topological polar surface area (TPSA) is 76.5 Å². The second kappa shape index (κ2) is 7.22. The molecule has 5 rings (SSSR count). The van der Waals surface area contributed by atoms with Gasteiger partial charge < -0.3 is 19.9 Å². The highest BCUT2D eigenvalue weighted by atomic mass is 16.7. The van der Waals surface area contributed by atoms with E-state index in [1.54, 1.807) is 0 Å². The number of ether oxygens (including phenoxy) is 2. The summed E-state index contributed by atoms with van der Waals surface area (Å²) < 4.78 is 11.0. The molecule has 0 radical (unpaired) electrons. The molecule has 150 valence electrons. The van der Waals surface area contributed by atoms with Crippen LogP contribution in [0.3, 0.4) is 0 Å². The molecule has 6 nitrogen and oxygen atoms in total. The van der Waals surface area contributed by atoms with Crippen molar-refractivity contribution in [2.45, 2.75) is 19.9 Å². The van der Waals surface area contributed by atoms with Gasteiger partial charge in [0.05, 0.1) is 6.04 Å². The summed E-state index contributed by atoms with van der Waals surface area (Å²) in [6, 6.07) is 19.0. The number of phenolic OH excluding ortho intramolecular Hbond substituents is 1. The van der Waals surface area contributed by atoms with Gasteiger partial charge in [0.15, 0.2) is 11.5 Å². The summed E-state index contributed by atoms with van der Waals surface area (Å²) in [5, 5.41) is 15.5. The van der Waals surface area contributed by atoms with Crippen molar-refractivity contribution in [3.63, 3.8) is 0 Å². The van der Waals surface area contributed by atoms with E-state index in [4.69, 9.17) is 9.47 Å². The molecule has 0 spiro atoms. The number of phenols is 1. The Kier molecular flexibility index (Phi) is 4.39. The third-order valence-corrected chi connectivity index (χ3v) is 5.23. The van der Waals surface area contributed by atoms with Crippen molar-refractivity contribution in [2.24, 2.45) is 0 Å². The van der Waals surface area contributed by atoms with E-state index >= 15 is 0 Å². The average Bonchev–Trinajstić information content (AvgIpc) is 3.21. The van der Waals surface area contributed by atoms with Crippen LogP contribution in [0, 0.1) is 13.8 Å². The van der Waals surface area contributed by atoms with Gasteiger partial charge >= 0.3 is 0 Å². The van der Waals surface area contributed by atoms with E-state index in [-0.39, 0.29) is 18.6 Å². The van der Waals surface area contributed by atoms with Crippen LogP contribution in [0.1, 0.15) is 28.6 Å². The third-order valence-electron chi connectivity index (χ3n) is 5.23. The normalized spacial score (nSPS) is 13.4. The smallest absolute Gasteiger partial charge is 0.231 e. The van der Waals surface area contributed by atoms with Crippen LogP contribution in [-0.4, -0.2) is 21.9 Å². The summed E-state index contributed by atoms with van der Waals surface area (Å²) in [7, 11) is 0. The summed E-state index contributed by atoms with van der Waals surface area (Å²) in [6.45, 7) is 4.07. The summed E-state index contributed by atoms with van der Waals surface area (Å²) >= 11 is 0. The molecule has 0 amide bonds. The van der Waals surface area contributed by atoms with Gasteiger partial charge in [0.25, 0.3) is 0 Å². The highest BCUT2D eigenvalue weighted by Crippen LogP contribution is 2.40. The first-order chi connectivity index (χ1) is 14.6. The maximum atomic E-state index is 11.2. The van der Waals surface area contributed by atoms with Gasteiger partial charge in [-0.05, 0) is 49.7 Å². The fourth-order valence-electron chi connectivity index (χ4n) is 3.72. The van der Waals surface area contributed by atoms with Crippen molar-refractivity contribution in [3.05, 3.63) is 83.2 Å². The number of benzene rings is 2. The Labute approximate surface area is 174 Å². The van der Waals surface area contributed by atoms with Gasteiger partial charge in [-0.2, -0.15) is 0 Å². The molecule has 1 aliphatic heterocycles. The maximum Gasteiger partial charge on any atom is 0.231 e. The number of fused-ring (bicyclic) bond motifs is 2. The molecule has 4 aromatic rings. The molecule has 1 aliphatic rings. The Hall–Kier alpha value is -3.80. The second-order valence-corrected chi connectivity index (χ2v) is 7.38. The van der Waals surface area contributed by atoms with Crippen LogP contribution >= 0.6 is 0 Å². The number of aromatic hydroxyl groups is 1. The molecule has 0 saturated carbocycles. The SMILES string of the molecule is Cc1cccc(N[C@H](c2ccc3c(c2)OCO3)c2ccc3ccc(C)nc3c2O)n1. The first-order valence-electron chi connectivity index (χ1n) is 9.77. The van der Waals surface area contributed by atoms with Crippen molar-refractivity contribution in [2.75, 3.05) is 12.1 Å². The van der Waals surface area contributed by atoms with Crippen LogP contribution in [0.5, 0.6) is 17.2 Å². The zero-order valence-electron chi connectivity index (χ0n) is 16.7. The molecular weight excluding hydrogens is 378 g/mol. The van der Waals surface area contributed by atoms with Crippen LogP contribution in [0.4, 0.5) is 5.82 Å². The standard InChI is InChI=1S/C24H21N3O3/c1-14-4-3-5-21(25-14)27-22(17-9-11-19-20(12-17)30-13-29-19)18-10-8-16-7-6-15(2)26-23(16)24(18)28/h3-12,22,28H,13H2,1-2H3,(H,25,27)/t22-/m1/s1. The van der Waals surface area contributed by atoms with Crippen LogP contribution in [0.15, 0.2) is 60.7 Å². The van der Waals surface area contributed by atoms with E-state index < -0.39 is 0 Å². The quantitative estimate of drug-likeness (QED) is 0.509. The van der Waals surface area contributed by atoms with Crippen molar-refractivity contribution in [3.8, 4) is 17.2 Å². The lowest BCUT2D eigenvalue weighted by molar-refractivity contribution is 0.174. The predicted octanol–water partition coefficient (Wildman–Crippen LogP) is 4.88. The molecule has 0 saturated heterocycles. The maximum absolute atomic E-state index is 11.2. The van der Waals surface area contributed by atoms with Gasteiger partial charge in [0.1, 0.15) is 17.1 Å². The molecular formula is C24H21N3O3. The minimum absolute atomic E-state index is 0.152. The highest BCUT2D eigenvalue weighted by molar-refractivity contribution is 5.86. The first-order valence-corrected chi connectivity index (χ1v) is 9.77. The number of anilines is 1. The van der Waals surface area contributed by atoms with Gasteiger partial charge in [0.2, 0.25) is 6.79 Å². The fraction of sp³-hybridized carbons (Fsp3) is 0.167. The lowest BCUT2D eigenvalue weighted by Gasteiger charge is -2.22. The Morgan fingerprint density at radius 2 is 1.70 bits per heavy atom. The second-order valence-electron chi connectivity index (χ2n) is 7.38. The number of aryl methyl sites for hydroxylation is 2. The van der Waals surface area contributed by atoms with Gasteiger partial charge in [-0.15, -0.1) is 0 Å². The number of nitrogens with zero attached hydrogens (tertiary/aromatic N) is 2. The van der Waals surface area contributed by atoms with Crippen LogP contribution in [-0.2, 0) is 0 Å². The Morgan fingerprint density at radius 1 is 0.900 bits per heavy atom. The van der Waals surface area contributed by atoms with E-state index in [1.165, 1.54) is 0 Å². The first kappa shape index (κ1) is 18.2. The Balaban J connectivity index is 1.66. The van der Waals surface area contributed by atoms with Crippen molar-refractivity contribution < 1.29 is 14.6 Å². The molecule has 2 N–H and O–H groups in total. The average molecular weight is 399 g/mol. The third kappa shape index (κ3) is 3.26. The van der Waals surface area contributed by atoms with Crippen molar-refractivity contribution in [1.29, 1.82) is 0 Å². The van der Waals surface area contributed by atoms with Crippen LogP contribution in [0.25, 0.3) is 10.9 Å². The molecule has 30 heavy (non-hydrogen) atoms. The van der Waals surface area contributed by atoms with Gasteiger partial charge in [0, 0.05) is 22.3 Å². The van der Waals surface area contributed by atoms with Crippen LogP contribution in [0.2, 0.25) is 0 Å². The lowest BCUT2D eigenvalue weighted by Crippen LogP contribution is -2.14. The lowest BCUT2D eigenvalue weighted by atomic mass is 9.95. The predicted molar refractivity (Wildman–Crippen MR) is 115 cm³/mol. The van der Waals surface area contributed by atoms with Crippen molar-refractivity contribution >= 4 is 16.7 Å². The number of rotatable bonds is 4. The number of aromatic nitrogens is 2. The molecule has 6 heteroatoms. The number of hydrogen-bond donors (Lipinski definition) is 2. The van der Waals surface area contributed by atoms with Gasteiger partial charge in [-0.25, -0.2) is 9.97 Å². The number of pyridine rings is 2. The zero-order chi connectivity index (χ0) is 20.7. The monoisotopic (exact) mass is 399 g/mol. The summed E-state index contributed by atoms with van der Waals surface area (Å²) in [5.41, 5.74) is 3.97. The molecule has 3 heterocycles. The molecule has 0 unspecified atom stereocenters. The minimum Gasteiger partial charge on any atom is -0.505 e. The molecule has 0 aliphatic carbocycles. The molecule has 0 fully saturated rings. The molecule has 1 atom stereocenters. The summed E-state index contributed by atoms with van der Waals surface area (Å²) in [6.07, 6.45) is 0.